The molecule has 1 aromatic heterocycles. The van der Waals surface area contributed by atoms with Gasteiger partial charge in [0.25, 0.3) is 0 Å². The number of hydrogen-bond donors (Lipinski definition) is 1. The average molecular weight is 238 g/mol. The lowest BCUT2D eigenvalue weighted by atomic mass is 10.3. The zero-order chi connectivity index (χ0) is 11.2. The first kappa shape index (κ1) is 11.6. The van der Waals surface area contributed by atoms with Crippen molar-refractivity contribution in [2.24, 2.45) is 0 Å². The average Bonchev–Trinajstić information content (AvgIpc) is 2.96. The Morgan fingerprint density at radius 1 is 1.44 bits per heavy atom. The first-order valence-corrected chi connectivity index (χ1v) is 6.80. The Labute approximate surface area is 100 Å². The molecule has 1 fully saturated rings. The van der Waals surface area contributed by atoms with Gasteiger partial charge in [0.05, 0.1) is 0 Å². The van der Waals surface area contributed by atoms with E-state index in [0.717, 1.165) is 26.2 Å². The van der Waals surface area contributed by atoms with Gasteiger partial charge in [0.1, 0.15) is 0 Å². The number of nitrogens with one attached hydrogen (secondary N) is 1. The number of nitrogens with zero attached hydrogens (tertiary/aromatic N) is 1. The number of hydrogen-bond acceptors (Lipinski definition) is 3. The highest BCUT2D eigenvalue weighted by Crippen LogP contribution is 2.08. The Morgan fingerprint density at radius 3 is 2.94 bits per heavy atom. The lowest BCUT2D eigenvalue weighted by Crippen LogP contribution is -2.30. The predicted octanol–water partition coefficient (Wildman–Crippen LogP) is 1.85. The van der Waals surface area contributed by atoms with Crippen LogP contribution in [0, 0.1) is 0 Å². The van der Waals surface area contributed by atoms with Crippen LogP contribution in [-0.2, 0) is 11.3 Å². The minimum absolute atomic E-state index is 0.301. The van der Waals surface area contributed by atoms with Gasteiger partial charge in [-0.1, -0.05) is 0 Å². The molecule has 2 heterocycles. The first-order chi connectivity index (χ1) is 7.86. The quantitative estimate of drug-likeness (QED) is 0.794. The van der Waals surface area contributed by atoms with Gasteiger partial charge in [-0.3, -0.25) is 4.79 Å². The van der Waals surface area contributed by atoms with Crippen molar-refractivity contribution in [1.29, 1.82) is 0 Å². The van der Waals surface area contributed by atoms with E-state index in [0.29, 0.717) is 12.3 Å². The molecular formula is C12H18N2OS. The molecule has 0 saturated carbocycles. The van der Waals surface area contributed by atoms with Crippen LogP contribution in [0.3, 0.4) is 0 Å². The highest BCUT2D eigenvalue weighted by atomic mass is 32.1. The van der Waals surface area contributed by atoms with E-state index in [4.69, 9.17) is 0 Å². The Morgan fingerprint density at radius 2 is 2.25 bits per heavy atom. The zero-order valence-electron chi connectivity index (χ0n) is 9.45. The second-order valence-corrected chi connectivity index (χ2v) is 4.93. The van der Waals surface area contributed by atoms with E-state index < -0.39 is 0 Å². The van der Waals surface area contributed by atoms with Crippen molar-refractivity contribution in [1.82, 2.24) is 10.2 Å². The molecule has 16 heavy (non-hydrogen) atoms. The molecule has 3 nitrogen and oxygen atoms in total. The molecule has 0 radical (unpaired) electrons. The van der Waals surface area contributed by atoms with Crippen molar-refractivity contribution in [2.45, 2.75) is 25.8 Å². The third-order valence-corrected chi connectivity index (χ3v) is 3.62. The molecule has 0 unspecified atom stereocenters. The van der Waals surface area contributed by atoms with Gasteiger partial charge in [-0.2, -0.15) is 11.3 Å². The normalized spacial score (nSPS) is 15.6. The number of carbonyl (C=O) groups excluding carboxylic acids is 1. The SMILES string of the molecule is O=C(CCNCc1ccsc1)N1CCCC1. The number of thiophene rings is 1. The molecule has 1 aliphatic rings. The second kappa shape index (κ2) is 6.01. The van der Waals surface area contributed by atoms with Gasteiger partial charge in [0.15, 0.2) is 0 Å². The summed E-state index contributed by atoms with van der Waals surface area (Å²) in [6, 6.07) is 2.11. The maximum Gasteiger partial charge on any atom is 0.223 e. The van der Waals surface area contributed by atoms with Crippen molar-refractivity contribution >= 4 is 17.2 Å². The molecule has 4 heteroatoms. The first-order valence-electron chi connectivity index (χ1n) is 5.86. The van der Waals surface area contributed by atoms with Crippen molar-refractivity contribution in [2.75, 3.05) is 19.6 Å². The minimum atomic E-state index is 0.301. The topological polar surface area (TPSA) is 32.3 Å². The van der Waals surface area contributed by atoms with Crippen LogP contribution < -0.4 is 5.32 Å². The molecule has 2 rings (SSSR count). The third-order valence-electron chi connectivity index (χ3n) is 2.88. The van der Waals surface area contributed by atoms with Gasteiger partial charge in [-0.25, -0.2) is 0 Å². The molecule has 0 spiro atoms. The van der Waals surface area contributed by atoms with E-state index in [9.17, 15) is 4.79 Å². The molecule has 1 saturated heterocycles. The molecule has 0 bridgehead atoms. The van der Waals surface area contributed by atoms with Gasteiger partial charge in [0, 0.05) is 32.6 Å². The van der Waals surface area contributed by atoms with Crippen LogP contribution in [0.1, 0.15) is 24.8 Å². The second-order valence-electron chi connectivity index (χ2n) is 4.15. The predicted molar refractivity (Wildman–Crippen MR) is 66.5 cm³/mol. The molecule has 1 amide bonds. The van der Waals surface area contributed by atoms with Gasteiger partial charge >= 0.3 is 0 Å². The van der Waals surface area contributed by atoms with Crippen LogP contribution in [0.15, 0.2) is 16.8 Å². The van der Waals surface area contributed by atoms with E-state index in [1.165, 1.54) is 18.4 Å². The minimum Gasteiger partial charge on any atom is -0.343 e. The molecule has 1 aliphatic heterocycles. The fraction of sp³-hybridized carbons (Fsp3) is 0.583. The van der Waals surface area contributed by atoms with Crippen LogP contribution in [-0.4, -0.2) is 30.4 Å². The Hall–Kier alpha value is -0.870. The largest absolute Gasteiger partial charge is 0.343 e. The smallest absolute Gasteiger partial charge is 0.223 e. The Balaban J connectivity index is 1.59. The Kier molecular flexibility index (Phi) is 4.36. The van der Waals surface area contributed by atoms with E-state index in [2.05, 4.69) is 22.1 Å². The van der Waals surface area contributed by atoms with Crippen LogP contribution >= 0.6 is 11.3 Å². The number of likely N-dealkylation sites (tertiary alicyclic amines) is 1. The van der Waals surface area contributed by atoms with Gasteiger partial charge in [-0.15, -0.1) is 0 Å². The maximum absolute atomic E-state index is 11.7. The standard InChI is InChI=1S/C12H18N2OS/c15-12(14-6-1-2-7-14)3-5-13-9-11-4-8-16-10-11/h4,8,10,13H,1-3,5-7,9H2. The Bertz CT molecular complexity index is 318. The summed E-state index contributed by atoms with van der Waals surface area (Å²) in [5, 5.41) is 7.51. The fourth-order valence-corrected chi connectivity index (χ4v) is 2.61. The summed E-state index contributed by atoms with van der Waals surface area (Å²) >= 11 is 1.71. The summed E-state index contributed by atoms with van der Waals surface area (Å²) in [5.41, 5.74) is 1.30. The van der Waals surface area contributed by atoms with Crippen molar-refractivity contribution in [3.63, 3.8) is 0 Å². The van der Waals surface area contributed by atoms with Gasteiger partial charge in [0.2, 0.25) is 5.91 Å². The monoisotopic (exact) mass is 238 g/mol. The van der Waals surface area contributed by atoms with Crippen LogP contribution in [0.5, 0.6) is 0 Å². The van der Waals surface area contributed by atoms with E-state index in [1.807, 2.05) is 4.90 Å². The summed E-state index contributed by atoms with van der Waals surface area (Å²) in [6.07, 6.45) is 2.98. The highest BCUT2D eigenvalue weighted by Gasteiger charge is 2.16. The fourth-order valence-electron chi connectivity index (χ4n) is 1.95. The maximum atomic E-state index is 11.7. The highest BCUT2D eigenvalue weighted by molar-refractivity contribution is 7.07. The van der Waals surface area contributed by atoms with Crippen molar-refractivity contribution in [3.8, 4) is 0 Å². The van der Waals surface area contributed by atoms with Crippen molar-refractivity contribution in [3.05, 3.63) is 22.4 Å². The summed E-state index contributed by atoms with van der Waals surface area (Å²) in [4.78, 5) is 13.7. The van der Waals surface area contributed by atoms with E-state index >= 15 is 0 Å². The summed E-state index contributed by atoms with van der Waals surface area (Å²) in [6.45, 7) is 3.58. The number of amides is 1. The number of carbonyl (C=O) groups is 1. The lowest BCUT2D eigenvalue weighted by Gasteiger charge is -2.14. The summed E-state index contributed by atoms with van der Waals surface area (Å²) in [7, 11) is 0. The van der Waals surface area contributed by atoms with Crippen LogP contribution in [0.4, 0.5) is 0 Å². The van der Waals surface area contributed by atoms with Gasteiger partial charge in [-0.05, 0) is 35.2 Å². The zero-order valence-corrected chi connectivity index (χ0v) is 10.3. The van der Waals surface area contributed by atoms with E-state index in [1.54, 1.807) is 11.3 Å². The third kappa shape index (κ3) is 3.32. The molecule has 0 aliphatic carbocycles. The van der Waals surface area contributed by atoms with Gasteiger partial charge < -0.3 is 10.2 Å². The van der Waals surface area contributed by atoms with Crippen LogP contribution in [0.25, 0.3) is 0 Å². The molecule has 0 atom stereocenters. The van der Waals surface area contributed by atoms with Crippen LogP contribution in [0.2, 0.25) is 0 Å². The lowest BCUT2D eigenvalue weighted by molar-refractivity contribution is -0.130. The molecular weight excluding hydrogens is 220 g/mol. The molecule has 1 aromatic rings. The summed E-state index contributed by atoms with van der Waals surface area (Å²) < 4.78 is 0. The molecule has 1 N–H and O–H groups in total. The van der Waals surface area contributed by atoms with E-state index in [-0.39, 0.29) is 0 Å². The molecule has 88 valence electrons. The number of rotatable bonds is 5. The summed E-state index contributed by atoms with van der Waals surface area (Å²) in [5.74, 6) is 0.301. The van der Waals surface area contributed by atoms with Crippen molar-refractivity contribution < 1.29 is 4.79 Å². The molecule has 0 aromatic carbocycles.